The number of aryl methyl sites for hydroxylation is 1. The zero-order valence-electron chi connectivity index (χ0n) is 11.5. The SMILES string of the molecule is COC(=O)c1c(C)oc2ccc(O)c(C[NH+](C)C)c12. The molecule has 5 nitrogen and oxygen atoms in total. The molecule has 1 aromatic carbocycles. The number of hydrogen-bond acceptors (Lipinski definition) is 4. The highest BCUT2D eigenvalue weighted by molar-refractivity contribution is 6.06. The second kappa shape index (κ2) is 4.93. The van der Waals surface area contributed by atoms with Crippen molar-refractivity contribution in [2.24, 2.45) is 0 Å². The fraction of sp³-hybridized carbons (Fsp3) is 0.357. The lowest BCUT2D eigenvalue weighted by Gasteiger charge is -2.10. The van der Waals surface area contributed by atoms with Gasteiger partial charge in [0.05, 0.1) is 26.8 Å². The third-order valence-corrected chi connectivity index (χ3v) is 3.03. The van der Waals surface area contributed by atoms with E-state index in [2.05, 4.69) is 0 Å². The number of methoxy groups -OCH3 is 1. The first-order chi connectivity index (χ1) is 8.95. The second-order valence-electron chi connectivity index (χ2n) is 4.85. The molecule has 0 spiro atoms. The van der Waals surface area contributed by atoms with Crippen LogP contribution in [0.5, 0.6) is 5.75 Å². The summed E-state index contributed by atoms with van der Waals surface area (Å²) >= 11 is 0. The van der Waals surface area contributed by atoms with Gasteiger partial charge in [0.2, 0.25) is 0 Å². The van der Waals surface area contributed by atoms with Crippen molar-refractivity contribution in [3.05, 3.63) is 29.0 Å². The minimum absolute atomic E-state index is 0.166. The van der Waals surface area contributed by atoms with E-state index in [4.69, 9.17) is 9.15 Å². The monoisotopic (exact) mass is 264 g/mol. The Morgan fingerprint density at radius 2 is 2.11 bits per heavy atom. The van der Waals surface area contributed by atoms with Crippen molar-refractivity contribution in [2.75, 3.05) is 21.2 Å². The van der Waals surface area contributed by atoms with Crippen molar-refractivity contribution in [3.63, 3.8) is 0 Å². The highest BCUT2D eigenvalue weighted by atomic mass is 16.5. The second-order valence-corrected chi connectivity index (χ2v) is 4.85. The Morgan fingerprint density at radius 1 is 1.42 bits per heavy atom. The number of nitrogens with one attached hydrogen (secondary N) is 1. The Labute approximate surface area is 111 Å². The van der Waals surface area contributed by atoms with Crippen LogP contribution in [-0.2, 0) is 11.3 Å². The molecule has 2 N–H and O–H groups in total. The number of hydrogen-bond donors (Lipinski definition) is 2. The number of fused-ring (bicyclic) bond motifs is 1. The number of phenolic OH excluding ortho intramolecular Hbond substituents is 1. The molecular weight excluding hydrogens is 246 g/mol. The smallest absolute Gasteiger partial charge is 0.342 e. The fourth-order valence-corrected chi connectivity index (χ4v) is 2.25. The molecule has 2 aromatic rings. The highest BCUT2D eigenvalue weighted by Crippen LogP contribution is 2.33. The predicted molar refractivity (Wildman–Crippen MR) is 70.5 cm³/mol. The molecule has 1 aromatic heterocycles. The summed E-state index contributed by atoms with van der Waals surface area (Å²) in [6.45, 7) is 2.31. The fourth-order valence-electron chi connectivity index (χ4n) is 2.25. The molecule has 1 heterocycles. The van der Waals surface area contributed by atoms with Gasteiger partial charge in [-0.15, -0.1) is 0 Å². The molecule has 19 heavy (non-hydrogen) atoms. The van der Waals surface area contributed by atoms with E-state index in [1.807, 2.05) is 14.1 Å². The molecular formula is C14H18NO4+. The molecule has 0 saturated carbocycles. The van der Waals surface area contributed by atoms with Crippen LogP contribution in [0.4, 0.5) is 0 Å². The van der Waals surface area contributed by atoms with Crippen LogP contribution in [0.15, 0.2) is 16.5 Å². The number of phenols is 1. The number of rotatable bonds is 3. The zero-order valence-corrected chi connectivity index (χ0v) is 11.5. The topological polar surface area (TPSA) is 64.1 Å². The molecule has 0 saturated heterocycles. The van der Waals surface area contributed by atoms with Gasteiger partial charge in [-0.25, -0.2) is 4.79 Å². The van der Waals surface area contributed by atoms with Gasteiger partial charge in [0.15, 0.2) is 0 Å². The third-order valence-electron chi connectivity index (χ3n) is 3.03. The standard InChI is InChI=1S/C14H17NO4/c1-8-12(14(17)18-4)13-9(7-15(2)3)10(16)5-6-11(13)19-8/h5-6,16H,7H2,1-4H3/p+1. The first-order valence-corrected chi connectivity index (χ1v) is 6.07. The molecule has 5 heteroatoms. The highest BCUT2D eigenvalue weighted by Gasteiger charge is 2.24. The summed E-state index contributed by atoms with van der Waals surface area (Å²) in [5.41, 5.74) is 1.69. The number of ether oxygens (including phenoxy) is 1. The summed E-state index contributed by atoms with van der Waals surface area (Å²) in [7, 11) is 5.28. The van der Waals surface area contributed by atoms with Gasteiger partial charge in [-0.3, -0.25) is 0 Å². The van der Waals surface area contributed by atoms with Crippen molar-refractivity contribution in [1.29, 1.82) is 0 Å². The van der Waals surface area contributed by atoms with Crippen LogP contribution in [-0.4, -0.2) is 32.3 Å². The number of aromatic hydroxyl groups is 1. The minimum Gasteiger partial charge on any atom is -0.507 e. The van der Waals surface area contributed by atoms with Crippen LogP contribution in [0.3, 0.4) is 0 Å². The van der Waals surface area contributed by atoms with E-state index in [0.29, 0.717) is 34.4 Å². The lowest BCUT2D eigenvalue weighted by Crippen LogP contribution is -3.04. The summed E-state index contributed by atoms with van der Waals surface area (Å²) in [5, 5.41) is 10.7. The van der Waals surface area contributed by atoms with Crippen molar-refractivity contribution in [3.8, 4) is 5.75 Å². The van der Waals surface area contributed by atoms with E-state index < -0.39 is 5.97 Å². The normalized spacial score (nSPS) is 11.2. The van der Waals surface area contributed by atoms with Crippen molar-refractivity contribution >= 4 is 16.9 Å². The van der Waals surface area contributed by atoms with Crippen molar-refractivity contribution in [1.82, 2.24) is 0 Å². The van der Waals surface area contributed by atoms with Crippen LogP contribution in [0, 0.1) is 6.92 Å². The van der Waals surface area contributed by atoms with Gasteiger partial charge < -0.3 is 19.2 Å². The molecule has 0 aliphatic carbocycles. The van der Waals surface area contributed by atoms with E-state index in [1.165, 1.54) is 7.11 Å². The summed E-state index contributed by atoms with van der Waals surface area (Å²) in [6, 6.07) is 3.25. The van der Waals surface area contributed by atoms with E-state index >= 15 is 0 Å². The Kier molecular flexibility index (Phi) is 3.48. The Morgan fingerprint density at radius 3 is 2.68 bits per heavy atom. The van der Waals surface area contributed by atoms with Gasteiger partial charge in [-0.05, 0) is 19.1 Å². The van der Waals surface area contributed by atoms with Crippen molar-refractivity contribution in [2.45, 2.75) is 13.5 Å². The maximum Gasteiger partial charge on any atom is 0.342 e. The molecule has 102 valence electrons. The Hall–Kier alpha value is -2.01. The van der Waals surface area contributed by atoms with Gasteiger partial charge >= 0.3 is 5.97 Å². The van der Waals surface area contributed by atoms with Gasteiger partial charge in [0, 0.05) is 5.39 Å². The lowest BCUT2D eigenvalue weighted by atomic mass is 10.0. The van der Waals surface area contributed by atoms with Crippen molar-refractivity contribution < 1.29 is 24.0 Å². The van der Waals surface area contributed by atoms with Crippen LogP contribution < -0.4 is 4.90 Å². The molecule has 0 unspecified atom stereocenters. The number of carbonyl (C=O) groups excluding carboxylic acids is 1. The summed E-state index contributed by atoms with van der Waals surface area (Å²) in [5.74, 6) is 0.221. The number of benzene rings is 1. The van der Waals surface area contributed by atoms with E-state index in [1.54, 1.807) is 19.1 Å². The maximum absolute atomic E-state index is 11.9. The minimum atomic E-state index is -0.447. The summed E-state index contributed by atoms with van der Waals surface area (Å²) < 4.78 is 10.4. The summed E-state index contributed by atoms with van der Waals surface area (Å²) in [4.78, 5) is 13.0. The predicted octanol–water partition coefficient (Wildman–Crippen LogP) is 0.878. The van der Waals surface area contributed by atoms with E-state index in [-0.39, 0.29) is 5.75 Å². The van der Waals surface area contributed by atoms with Gasteiger partial charge in [-0.1, -0.05) is 0 Å². The molecule has 0 fully saturated rings. The number of quaternary nitrogens is 1. The first-order valence-electron chi connectivity index (χ1n) is 6.07. The van der Waals surface area contributed by atoms with Gasteiger partial charge in [-0.2, -0.15) is 0 Å². The molecule has 2 rings (SSSR count). The van der Waals surface area contributed by atoms with Crippen LogP contribution in [0.25, 0.3) is 11.0 Å². The largest absolute Gasteiger partial charge is 0.507 e. The van der Waals surface area contributed by atoms with Crippen LogP contribution in [0.2, 0.25) is 0 Å². The molecule has 0 aliphatic rings. The van der Waals surface area contributed by atoms with Crippen LogP contribution >= 0.6 is 0 Å². The zero-order chi connectivity index (χ0) is 14.2. The molecule has 0 radical (unpaired) electrons. The average Bonchev–Trinajstić information content (AvgIpc) is 2.68. The summed E-state index contributed by atoms with van der Waals surface area (Å²) in [6.07, 6.45) is 0. The average molecular weight is 264 g/mol. The van der Waals surface area contributed by atoms with Gasteiger partial charge in [0.25, 0.3) is 0 Å². The van der Waals surface area contributed by atoms with Gasteiger partial charge in [0.1, 0.15) is 29.2 Å². The number of esters is 1. The van der Waals surface area contributed by atoms with Crippen LogP contribution in [0.1, 0.15) is 21.7 Å². The Bertz CT molecular complexity index is 628. The Balaban J connectivity index is 2.77. The third kappa shape index (κ3) is 2.29. The first kappa shape index (κ1) is 13.4. The van der Waals surface area contributed by atoms with E-state index in [0.717, 1.165) is 4.90 Å². The quantitative estimate of drug-likeness (QED) is 0.808. The van der Waals surface area contributed by atoms with E-state index in [9.17, 15) is 9.90 Å². The maximum atomic E-state index is 11.9. The number of furan rings is 1. The lowest BCUT2D eigenvalue weighted by molar-refractivity contribution is -0.872. The number of carbonyl (C=O) groups is 1. The molecule has 0 aliphatic heterocycles. The molecule has 0 atom stereocenters. The molecule has 0 bridgehead atoms. The molecule has 0 amide bonds.